The highest BCUT2D eigenvalue weighted by Gasteiger charge is 2.29. The average Bonchev–Trinajstić information content (AvgIpc) is 2.36. The van der Waals surface area contributed by atoms with Crippen LogP contribution in [-0.2, 0) is 0 Å². The van der Waals surface area contributed by atoms with Gasteiger partial charge in [-0.3, -0.25) is 10.1 Å². The fraction of sp³-hybridized carbons (Fsp3) is 0.231. The van der Waals surface area contributed by atoms with Crippen molar-refractivity contribution in [2.75, 3.05) is 0 Å². The van der Waals surface area contributed by atoms with Crippen LogP contribution in [0.3, 0.4) is 0 Å². The lowest BCUT2D eigenvalue weighted by Crippen LogP contribution is -2.31. The first-order valence-electron chi connectivity index (χ1n) is 5.77. The largest absolute Gasteiger partial charge is 0.483 e. The van der Waals surface area contributed by atoms with Crippen LogP contribution in [0.15, 0.2) is 29.3 Å². The highest BCUT2D eigenvalue weighted by molar-refractivity contribution is 6.23. The minimum absolute atomic E-state index is 0.00521. The zero-order valence-corrected chi connectivity index (χ0v) is 11.0. The summed E-state index contributed by atoms with van der Waals surface area (Å²) in [5.74, 6) is 0.472. The van der Waals surface area contributed by atoms with Crippen molar-refractivity contribution in [2.24, 2.45) is 10.7 Å². The van der Waals surface area contributed by atoms with Crippen LogP contribution >= 0.6 is 0 Å². The van der Waals surface area contributed by atoms with E-state index in [1.54, 1.807) is 12.3 Å². The summed E-state index contributed by atoms with van der Waals surface area (Å²) in [5.41, 5.74) is 5.94. The predicted octanol–water partition coefficient (Wildman–Crippen LogP) is 1.99. The van der Waals surface area contributed by atoms with Gasteiger partial charge in [0.05, 0.1) is 4.92 Å². The van der Waals surface area contributed by atoms with E-state index in [1.807, 2.05) is 13.8 Å². The maximum atomic E-state index is 10.8. The first-order valence-corrected chi connectivity index (χ1v) is 5.77. The van der Waals surface area contributed by atoms with Crippen molar-refractivity contribution in [1.82, 2.24) is 0 Å². The Morgan fingerprint density at radius 1 is 1.55 bits per heavy atom. The van der Waals surface area contributed by atoms with Gasteiger partial charge in [0.15, 0.2) is 0 Å². The number of non-ortho nitro benzene ring substituents is 1. The van der Waals surface area contributed by atoms with Crippen LogP contribution in [0.1, 0.15) is 19.4 Å². The highest BCUT2D eigenvalue weighted by atomic mass is 16.6. The molecule has 0 unspecified atom stereocenters. The lowest BCUT2D eigenvalue weighted by molar-refractivity contribution is -0.384. The van der Waals surface area contributed by atoms with Crippen molar-refractivity contribution in [1.29, 1.82) is 5.26 Å². The van der Waals surface area contributed by atoms with Crippen LogP contribution in [0.5, 0.6) is 5.75 Å². The van der Waals surface area contributed by atoms with E-state index in [1.165, 1.54) is 18.2 Å². The molecule has 1 aromatic carbocycles. The molecule has 0 saturated carbocycles. The molecule has 1 aliphatic heterocycles. The molecule has 0 saturated heterocycles. The van der Waals surface area contributed by atoms with Crippen molar-refractivity contribution in [3.05, 3.63) is 40.0 Å². The second-order valence-corrected chi connectivity index (χ2v) is 4.80. The minimum atomic E-state index is -0.645. The summed E-state index contributed by atoms with van der Waals surface area (Å²) in [6, 6.07) is 4.23. The van der Waals surface area contributed by atoms with Gasteiger partial charge in [0, 0.05) is 23.3 Å². The molecular weight excluding hydrogens is 260 g/mol. The summed E-state index contributed by atoms with van der Waals surface area (Å²) in [5, 5.41) is 19.5. The van der Waals surface area contributed by atoms with Gasteiger partial charge in [0.2, 0.25) is 6.19 Å². The van der Waals surface area contributed by atoms with Crippen LogP contribution < -0.4 is 10.5 Å². The smallest absolute Gasteiger partial charge is 0.270 e. The summed E-state index contributed by atoms with van der Waals surface area (Å²) in [7, 11) is 0. The molecule has 0 aromatic heterocycles. The predicted molar refractivity (Wildman–Crippen MR) is 73.0 cm³/mol. The van der Waals surface area contributed by atoms with Crippen LogP contribution in [-0.4, -0.2) is 16.4 Å². The SMILES string of the molecule is CC1(C)C=C(C(N)=NC#N)c2cc([N+](=O)[O-])ccc2O1. The molecule has 7 heteroatoms. The van der Waals surface area contributed by atoms with Crippen LogP contribution in [0.25, 0.3) is 5.57 Å². The van der Waals surface area contributed by atoms with E-state index in [9.17, 15) is 10.1 Å². The monoisotopic (exact) mass is 272 g/mol. The van der Waals surface area contributed by atoms with E-state index in [-0.39, 0.29) is 11.5 Å². The van der Waals surface area contributed by atoms with Gasteiger partial charge >= 0.3 is 0 Å². The molecule has 0 aliphatic carbocycles. The number of ether oxygens (including phenoxy) is 1. The van der Waals surface area contributed by atoms with Crippen molar-refractivity contribution in [3.8, 4) is 11.9 Å². The molecule has 1 heterocycles. The van der Waals surface area contributed by atoms with Gasteiger partial charge in [-0.05, 0) is 26.0 Å². The Hall–Kier alpha value is -2.88. The summed E-state index contributed by atoms with van der Waals surface area (Å²) < 4.78 is 5.72. The topological polar surface area (TPSA) is 115 Å². The zero-order chi connectivity index (χ0) is 14.9. The molecule has 20 heavy (non-hydrogen) atoms. The van der Waals surface area contributed by atoms with E-state index in [0.29, 0.717) is 16.9 Å². The number of fused-ring (bicyclic) bond motifs is 1. The van der Waals surface area contributed by atoms with Gasteiger partial charge < -0.3 is 10.5 Å². The third-order valence-electron chi connectivity index (χ3n) is 2.78. The van der Waals surface area contributed by atoms with Crippen molar-refractivity contribution in [3.63, 3.8) is 0 Å². The van der Waals surface area contributed by atoms with Crippen molar-refractivity contribution >= 4 is 17.1 Å². The summed E-state index contributed by atoms with van der Waals surface area (Å²) in [6.07, 6.45) is 3.30. The van der Waals surface area contributed by atoms with E-state index < -0.39 is 10.5 Å². The number of rotatable bonds is 2. The third kappa shape index (κ3) is 2.44. The van der Waals surface area contributed by atoms with E-state index in [0.717, 1.165) is 0 Å². The Balaban J connectivity index is 2.65. The number of hydrogen-bond acceptors (Lipinski definition) is 5. The molecule has 2 N–H and O–H groups in total. The Kier molecular flexibility index (Phi) is 3.16. The zero-order valence-electron chi connectivity index (χ0n) is 11.0. The van der Waals surface area contributed by atoms with Crippen LogP contribution in [0.2, 0.25) is 0 Å². The maximum Gasteiger partial charge on any atom is 0.270 e. The van der Waals surface area contributed by atoms with Gasteiger partial charge in [0.1, 0.15) is 17.2 Å². The van der Waals surface area contributed by atoms with Gasteiger partial charge in [0.25, 0.3) is 5.69 Å². The molecule has 0 fully saturated rings. The fourth-order valence-corrected chi connectivity index (χ4v) is 2.00. The molecule has 2 rings (SSSR count). The lowest BCUT2D eigenvalue weighted by atomic mass is 9.93. The highest BCUT2D eigenvalue weighted by Crippen LogP contribution is 2.38. The average molecular weight is 272 g/mol. The van der Waals surface area contributed by atoms with Crippen molar-refractivity contribution < 1.29 is 9.66 Å². The Bertz CT molecular complexity index is 683. The molecule has 102 valence electrons. The number of aliphatic imine (C=N–C) groups is 1. The van der Waals surface area contributed by atoms with Crippen molar-refractivity contribution in [2.45, 2.75) is 19.4 Å². The Morgan fingerprint density at radius 2 is 2.25 bits per heavy atom. The summed E-state index contributed by atoms with van der Waals surface area (Å²) >= 11 is 0. The number of nitro groups is 1. The number of nitrogens with zero attached hydrogens (tertiary/aromatic N) is 3. The molecule has 7 nitrogen and oxygen atoms in total. The van der Waals surface area contributed by atoms with Crippen LogP contribution in [0, 0.1) is 21.6 Å². The second kappa shape index (κ2) is 4.66. The Labute approximate surface area is 115 Å². The number of benzene rings is 1. The second-order valence-electron chi connectivity index (χ2n) is 4.80. The number of amidine groups is 1. The van der Waals surface area contributed by atoms with Gasteiger partial charge in [-0.1, -0.05) is 0 Å². The molecule has 1 aliphatic rings. The molecular formula is C13H12N4O3. The van der Waals surface area contributed by atoms with Gasteiger partial charge in [-0.2, -0.15) is 10.3 Å². The van der Waals surface area contributed by atoms with Gasteiger partial charge in [-0.25, -0.2) is 0 Å². The quantitative estimate of drug-likeness (QED) is 0.290. The number of nitriles is 1. The summed E-state index contributed by atoms with van der Waals surface area (Å²) in [4.78, 5) is 13.8. The number of nitrogens with two attached hydrogens (primary N) is 1. The first kappa shape index (κ1) is 13.5. The molecule has 0 spiro atoms. The normalized spacial score (nSPS) is 16.4. The fourth-order valence-electron chi connectivity index (χ4n) is 2.00. The molecule has 0 radical (unpaired) electrons. The molecule has 0 amide bonds. The van der Waals surface area contributed by atoms with E-state index in [2.05, 4.69) is 4.99 Å². The molecule has 1 aromatic rings. The summed E-state index contributed by atoms with van der Waals surface area (Å²) in [6.45, 7) is 3.63. The van der Waals surface area contributed by atoms with Crippen LogP contribution in [0.4, 0.5) is 5.69 Å². The Morgan fingerprint density at radius 3 is 2.85 bits per heavy atom. The maximum absolute atomic E-state index is 10.8. The van der Waals surface area contributed by atoms with Gasteiger partial charge in [-0.15, -0.1) is 0 Å². The molecule has 0 atom stereocenters. The number of hydrogen-bond donors (Lipinski definition) is 1. The van der Waals surface area contributed by atoms with E-state index >= 15 is 0 Å². The lowest BCUT2D eigenvalue weighted by Gasteiger charge is -2.30. The standard InChI is InChI=1S/C13H12N4O3/c1-13(2)6-10(12(15)16-7-14)9-5-8(17(18)19)3-4-11(9)20-13/h3-6H,1-2H3,(H2,15,16). The first-order chi connectivity index (χ1) is 9.34. The van der Waals surface area contributed by atoms with E-state index in [4.69, 9.17) is 15.7 Å². The number of nitro benzene ring substituents is 1. The minimum Gasteiger partial charge on any atom is -0.483 e. The molecule has 0 bridgehead atoms. The third-order valence-corrected chi connectivity index (χ3v) is 2.78.